The maximum atomic E-state index is 9.68. The first-order chi connectivity index (χ1) is 8.24. The van der Waals surface area contributed by atoms with Crippen LogP contribution in [0, 0.1) is 0 Å². The van der Waals surface area contributed by atoms with Gasteiger partial charge in [-0.1, -0.05) is 29.8 Å². The van der Waals surface area contributed by atoms with E-state index < -0.39 is 0 Å². The number of aromatic amines is 1. The highest BCUT2D eigenvalue weighted by molar-refractivity contribution is 6.30. The number of nitrogens with zero attached hydrogens (tertiary/aromatic N) is 1. The third kappa shape index (κ3) is 1.74. The fraction of sp³-hybridized carbons (Fsp3) is 0. The molecule has 3 aromatic rings. The van der Waals surface area contributed by atoms with Crippen LogP contribution in [-0.4, -0.2) is 15.1 Å². The molecule has 0 radical (unpaired) electrons. The molecule has 0 saturated heterocycles. The molecule has 0 unspecified atom stereocenters. The van der Waals surface area contributed by atoms with E-state index in [9.17, 15) is 5.11 Å². The van der Waals surface area contributed by atoms with Gasteiger partial charge in [-0.2, -0.15) is 0 Å². The molecule has 0 aliphatic carbocycles. The number of para-hydroxylation sites is 1. The number of aromatic nitrogens is 2. The molecule has 17 heavy (non-hydrogen) atoms. The Balaban J connectivity index is 2.22. The standard InChI is InChI=1S/C13H9ClN2O/c14-9-4-1-3-8(7-9)13-15-10-5-2-6-11(17)12(10)16-13/h1-7,17H,(H,15,16). The molecule has 0 aliphatic rings. The molecular weight excluding hydrogens is 236 g/mol. The highest BCUT2D eigenvalue weighted by atomic mass is 35.5. The number of phenols is 1. The molecule has 2 aromatic carbocycles. The predicted octanol–water partition coefficient (Wildman–Crippen LogP) is 3.59. The minimum Gasteiger partial charge on any atom is -0.506 e. The first-order valence-corrected chi connectivity index (χ1v) is 5.55. The molecule has 1 heterocycles. The zero-order chi connectivity index (χ0) is 11.8. The van der Waals surface area contributed by atoms with Crippen LogP contribution in [0.5, 0.6) is 5.75 Å². The van der Waals surface area contributed by atoms with Gasteiger partial charge in [0.25, 0.3) is 0 Å². The van der Waals surface area contributed by atoms with Gasteiger partial charge in [0.05, 0.1) is 5.52 Å². The van der Waals surface area contributed by atoms with E-state index >= 15 is 0 Å². The Morgan fingerprint density at radius 2 is 1.94 bits per heavy atom. The van der Waals surface area contributed by atoms with Crippen LogP contribution < -0.4 is 0 Å². The van der Waals surface area contributed by atoms with E-state index in [1.54, 1.807) is 12.1 Å². The molecule has 0 atom stereocenters. The third-order valence-electron chi connectivity index (χ3n) is 2.59. The van der Waals surface area contributed by atoms with E-state index in [1.807, 2.05) is 30.3 Å². The van der Waals surface area contributed by atoms with Gasteiger partial charge in [-0.25, -0.2) is 4.98 Å². The third-order valence-corrected chi connectivity index (χ3v) is 2.82. The molecule has 0 saturated carbocycles. The summed E-state index contributed by atoms with van der Waals surface area (Å²) >= 11 is 5.93. The number of imidazole rings is 1. The first-order valence-electron chi connectivity index (χ1n) is 5.18. The predicted molar refractivity (Wildman–Crippen MR) is 68.2 cm³/mol. The van der Waals surface area contributed by atoms with Gasteiger partial charge in [0.1, 0.15) is 17.1 Å². The second-order valence-electron chi connectivity index (χ2n) is 3.77. The van der Waals surface area contributed by atoms with Crippen molar-refractivity contribution in [3.63, 3.8) is 0 Å². The fourth-order valence-corrected chi connectivity index (χ4v) is 1.98. The molecule has 4 heteroatoms. The zero-order valence-electron chi connectivity index (χ0n) is 8.81. The van der Waals surface area contributed by atoms with Crippen molar-refractivity contribution in [1.29, 1.82) is 0 Å². The number of hydrogen-bond donors (Lipinski definition) is 2. The van der Waals surface area contributed by atoms with Crippen LogP contribution in [0.3, 0.4) is 0 Å². The number of benzene rings is 2. The molecule has 0 spiro atoms. The number of rotatable bonds is 1. The fourth-order valence-electron chi connectivity index (χ4n) is 1.79. The van der Waals surface area contributed by atoms with E-state index in [2.05, 4.69) is 9.97 Å². The second-order valence-corrected chi connectivity index (χ2v) is 4.21. The molecule has 84 valence electrons. The molecule has 0 fully saturated rings. The monoisotopic (exact) mass is 244 g/mol. The average molecular weight is 245 g/mol. The van der Waals surface area contributed by atoms with Crippen molar-refractivity contribution >= 4 is 22.6 Å². The van der Waals surface area contributed by atoms with Crippen molar-refractivity contribution in [2.45, 2.75) is 0 Å². The van der Waals surface area contributed by atoms with Gasteiger partial charge in [0, 0.05) is 10.6 Å². The smallest absolute Gasteiger partial charge is 0.143 e. The second kappa shape index (κ2) is 3.79. The van der Waals surface area contributed by atoms with Crippen LogP contribution in [0.15, 0.2) is 42.5 Å². The summed E-state index contributed by atoms with van der Waals surface area (Å²) in [4.78, 5) is 7.51. The van der Waals surface area contributed by atoms with Gasteiger partial charge in [0.2, 0.25) is 0 Å². The number of phenolic OH excluding ortho intramolecular Hbond substituents is 1. The average Bonchev–Trinajstić information content (AvgIpc) is 2.74. The topological polar surface area (TPSA) is 48.9 Å². The van der Waals surface area contributed by atoms with E-state index in [0.717, 1.165) is 11.1 Å². The van der Waals surface area contributed by atoms with Crippen LogP contribution in [0.1, 0.15) is 0 Å². The Kier molecular flexibility index (Phi) is 2.27. The Morgan fingerprint density at radius 3 is 2.71 bits per heavy atom. The summed E-state index contributed by atoms with van der Waals surface area (Å²) in [6, 6.07) is 12.7. The normalized spacial score (nSPS) is 10.9. The van der Waals surface area contributed by atoms with Gasteiger partial charge in [-0.05, 0) is 24.3 Å². The molecule has 0 bridgehead atoms. The lowest BCUT2D eigenvalue weighted by Gasteiger charge is -1.96. The Hall–Kier alpha value is -2.00. The molecule has 3 nitrogen and oxygen atoms in total. The van der Waals surface area contributed by atoms with Gasteiger partial charge in [-0.3, -0.25) is 0 Å². The Morgan fingerprint density at radius 1 is 1.12 bits per heavy atom. The molecule has 1 aromatic heterocycles. The van der Waals surface area contributed by atoms with Crippen LogP contribution >= 0.6 is 11.6 Å². The highest BCUT2D eigenvalue weighted by Crippen LogP contribution is 2.27. The van der Waals surface area contributed by atoms with E-state index in [0.29, 0.717) is 16.4 Å². The number of aromatic hydroxyl groups is 1. The number of fused-ring (bicyclic) bond motifs is 1. The van der Waals surface area contributed by atoms with Crippen molar-refractivity contribution in [3.05, 3.63) is 47.5 Å². The van der Waals surface area contributed by atoms with Crippen molar-refractivity contribution in [2.75, 3.05) is 0 Å². The van der Waals surface area contributed by atoms with E-state index in [4.69, 9.17) is 11.6 Å². The Bertz CT molecular complexity index is 691. The van der Waals surface area contributed by atoms with Gasteiger partial charge in [-0.15, -0.1) is 0 Å². The first kappa shape index (κ1) is 10.2. The van der Waals surface area contributed by atoms with Crippen molar-refractivity contribution < 1.29 is 5.11 Å². The maximum absolute atomic E-state index is 9.68. The lowest BCUT2D eigenvalue weighted by molar-refractivity contribution is 0.480. The van der Waals surface area contributed by atoms with E-state index in [-0.39, 0.29) is 5.75 Å². The number of halogens is 1. The summed E-state index contributed by atoms with van der Waals surface area (Å²) in [7, 11) is 0. The van der Waals surface area contributed by atoms with Crippen molar-refractivity contribution in [2.24, 2.45) is 0 Å². The summed E-state index contributed by atoms with van der Waals surface area (Å²) in [5, 5.41) is 10.3. The quantitative estimate of drug-likeness (QED) is 0.687. The van der Waals surface area contributed by atoms with Crippen LogP contribution in [0.4, 0.5) is 0 Å². The van der Waals surface area contributed by atoms with Gasteiger partial charge >= 0.3 is 0 Å². The molecule has 2 N–H and O–H groups in total. The summed E-state index contributed by atoms with van der Waals surface area (Å²) in [5.41, 5.74) is 2.27. The highest BCUT2D eigenvalue weighted by Gasteiger charge is 2.08. The molecule has 0 aliphatic heterocycles. The SMILES string of the molecule is Oc1cccc2[nH]c(-c3cccc(Cl)c3)nc12. The van der Waals surface area contributed by atoms with Crippen LogP contribution in [-0.2, 0) is 0 Å². The largest absolute Gasteiger partial charge is 0.506 e. The minimum absolute atomic E-state index is 0.173. The van der Waals surface area contributed by atoms with Crippen molar-refractivity contribution in [1.82, 2.24) is 9.97 Å². The summed E-state index contributed by atoms with van der Waals surface area (Å²) in [5.74, 6) is 0.871. The van der Waals surface area contributed by atoms with Crippen LogP contribution in [0.2, 0.25) is 5.02 Å². The lowest BCUT2D eigenvalue weighted by atomic mass is 10.2. The lowest BCUT2D eigenvalue weighted by Crippen LogP contribution is -1.79. The van der Waals surface area contributed by atoms with Gasteiger partial charge < -0.3 is 10.1 Å². The number of nitrogens with one attached hydrogen (secondary N) is 1. The van der Waals surface area contributed by atoms with Gasteiger partial charge in [0.15, 0.2) is 0 Å². The van der Waals surface area contributed by atoms with Crippen molar-refractivity contribution in [3.8, 4) is 17.1 Å². The van der Waals surface area contributed by atoms with E-state index in [1.165, 1.54) is 0 Å². The maximum Gasteiger partial charge on any atom is 0.143 e. The molecular formula is C13H9ClN2O. The molecule has 0 amide bonds. The van der Waals surface area contributed by atoms with Crippen LogP contribution in [0.25, 0.3) is 22.4 Å². The summed E-state index contributed by atoms with van der Waals surface area (Å²) < 4.78 is 0. The summed E-state index contributed by atoms with van der Waals surface area (Å²) in [6.07, 6.45) is 0. The number of H-pyrrole nitrogens is 1. The Labute approximate surface area is 103 Å². The number of hydrogen-bond acceptors (Lipinski definition) is 2. The molecule has 3 rings (SSSR count). The zero-order valence-corrected chi connectivity index (χ0v) is 9.57. The summed E-state index contributed by atoms with van der Waals surface area (Å²) in [6.45, 7) is 0. The minimum atomic E-state index is 0.173.